The molecule has 0 aromatic heterocycles. The van der Waals surface area contributed by atoms with Crippen LogP contribution in [0.2, 0.25) is 0 Å². The van der Waals surface area contributed by atoms with Gasteiger partial charge in [0.05, 0.1) is 24.5 Å². The smallest absolute Gasteiger partial charge is 0.324 e. The summed E-state index contributed by atoms with van der Waals surface area (Å²) in [6.07, 6.45) is -4.63. The molecule has 1 saturated heterocycles. The summed E-state index contributed by atoms with van der Waals surface area (Å²) in [6, 6.07) is 3.65. The number of nitrogens with one attached hydrogen (secondary N) is 1. The first-order chi connectivity index (χ1) is 12.0. The minimum Gasteiger partial charge on any atom is -0.324 e. The Hall–Kier alpha value is -2.95. The van der Waals surface area contributed by atoms with Gasteiger partial charge in [-0.1, -0.05) is 12.1 Å². The van der Waals surface area contributed by atoms with Crippen LogP contribution in [-0.2, 0) is 20.6 Å². The molecule has 140 valence electrons. The summed E-state index contributed by atoms with van der Waals surface area (Å²) in [6.45, 7) is -0.761. The van der Waals surface area contributed by atoms with Gasteiger partial charge in [0.25, 0.3) is 0 Å². The van der Waals surface area contributed by atoms with Crippen molar-refractivity contribution in [2.75, 3.05) is 32.6 Å². The van der Waals surface area contributed by atoms with Crippen molar-refractivity contribution in [3.8, 4) is 0 Å². The van der Waals surface area contributed by atoms with E-state index < -0.39 is 47.7 Å². The van der Waals surface area contributed by atoms with E-state index in [4.69, 9.17) is 0 Å². The summed E-state index contributed by atoms with van der Waals surface area (Å²) in [5.74, 6) is -2.80. The van der Waals surface area contributed by atoms with Crippen LogP contribution in [0.4, 0.5) is 23.7 Å². The Morgan fingerprint density at radius 3 is 2.31 bits per heavy atom. The van der Waals surface area contributed by atoms with E-state index in [1.54, 1.807) is 0 Å². The molecule has 2 rings (SSSR count). The minimum atomic E-state index is -4.63. The van der Waals surface area contributed by atoms with E-state index in [1.807, 2.05) is 0 Å². The largest absolute Gasteiger partial charge is 0.418 e. The summed E-state index contributed by atoms with van der Waals surface area (Å²) in [5, 5.41) is 2.15. The molecule has 1 aliphatic heterocycles. The lowest BCUT2D eigenvalue weighted by atomic mass is 10.1. The van der Waals surface area contributed by atoms with Gasteiger partial charge in [-0.05, 0) is 19.2 Å². The van der Waals surface area contributed by atoms with E-state index in [2.05, 4.69) is 5.32 Å². The number of hydrogen-bond donors (Lipinski definition) is 1. The lowest BCUT2D eigenvalue weighted by Crippen LogP contribution is -2.43. The summed E-state index contributed by atoms with van der Waals surface area (Å²) in [5.41, 5.74) is -1.39. The molecule has 26 heavy (non-hydrogen) atoms. The maximum Gasteiger partial charge on any atom is 0.418 e. The van der Waals surface area contributed by atoms with Crippen molar-refractivity contribution in [1.29, 1.82) is 0 Å². The number of halogens is 3. The first-order valence-corrected chi connectivity index (χ1v) is 7.30. The molecule has 0 saturated carbocycles. The second kappa shape index (κ2) is 7.12. The highest BCUT2D eigenvalue weighted by Crippen LogP contribution is 2.34. The Labute approximate surface area is 146 Å². The van der Waals surface area contributed by atoms with Gasteiger partial charge in [-0.15, -0.1) is 0 Å². The SMILES string of the molecule is CN(CC(=O)Nc1ccccc1C(F)(F)F)CN1C(=O)C(=O)N(C)C1=O. The number of imide groups is 2. The summed E-state index contributed by atoms with van der Waals surface area (Å²) in [7, 11) is 2.52. The van der Waals surface area contributed by atoms with E-state index in [9.17, 15) is 32.3 Å². The quantitative estimate of drug-likeness (QED) is 0.614. The van der Waals surface area contributed by atoms with Crippen LogP contribution in [0.5, 0.6) is 0 Å². The predicted octanol–water partition coefficient (Wildman–Crippen LogP) is 0.954. The third kappa shape index (κ3) is 3.99. The molecule has 1 N–H and O–H groups in total. The summed E-state index contributed by atoms with van der Waals surface area (Å²) < 4.78 is 38.7. The molecule has 0 radical (unpaired) electrons. The Bertz CT molecular complexity index is 766. The highest BCUT2D eigenvalue weighted by atomic mass is 19.4. The molecule has 5 amide bonds. The van der Waals surface area contributed by atoms with Crippen LogP contribution >= 0.6 is 0 Å². The highest BCUT2D eigenvalue weighted by molar-refractivity contribution is 6.44. The number of urea groups is 1. The molecule has 0 spiro atoms. The van der Waals surface area contributed by atoms with Gasteiger partial charge < -0.3 is 5.32 Å². The van der Waals surface area contributed by atoms with Crippen LogP contribution in [0.1, 0.15) is 5.56 Å². The second-order valence-corrected chi connectivity index (χ2v) is 5.63. The van der Waals surface area contributed by atoms with Crippen LogP contribution in [0.25, 0.3) is 0 Å². The summed E-state index contributed by atoms with van der Waals surface area (Å²) >= 11 is 0. The molecule has 0 aliphatic carbocycles. The standard InChI is InChI=1S/C15H15F3N4O4/c1-20(8-22-13(25)12(24)21(2)14(22)26)7-11(23)19-10-6-4-3-5-9(10)15(16,17)18/h3-6H,7-8H2,1-2H3,(H,19,23). The normalized spacial score (nSPS) is 15.2. The number of benzene rings is 1. The van der Waals surface area contributed by atoms with Gasteiger partial charge >= 0.3 is 24.0 Å². The van der Waals surface area contributed by atoms with Crippen LogP contribution in [0, 0.1) is 0 Å². The number of carbonyl (C=O) groups excluding carboxylic acids is 4. The fourth-order valence-electron chi connectivity index (χ4n) is 2.30. The van der Waals surface area contributed by atoms with E-state index in [0.29, 0.717) is 9.80 Å². The first kappa shape index (κ1) is 19.4. The zero-order valence-corrected chi connectivity index (χ0v) is 13.8. The number of likely N-dealkylation sites (N-methyl/N-ethyl adjacent to an activating group) is 2. The topological polar surface area (TPSA) is 90.0 Å². The van der Waals surface area contributed by atoms with Gasteiger partial charge in [0.1, 0.15) is 0 Å². The van der Waals surface area contributed by atoms with Gasteiger partial charge in [0.15, 0.2) is 0 Å². The number of rotatable bonds is 5. The third-order valence-electron chi connectivity index (χ3n) is 3.55. The number of alkyl halides is 3. The second-order valence-electron chi connectivity index (χ2n) is 5.63. The van der Waals surface area contributed by atoms with Gasteiger partial charge in [-0.25, -0.2) is 9.69 Å². The minimum absolute atomic E-state index is 0.359. The number of amides is 5. The zero-order chi connectivity index (χ0) is 19.6. The van der Waals surface area contributed by atoms with E-state index in [1.165, 1.54) is 24.1 Å². The molecule has 0 atom stereocenters. The number of hydrogen-bond acceptors (Lipinski definition) is 5. The molecule has 1 fully saturated rings. The summed E-state index contributed by atoms with van der Waals surface area (Å²) in [4.78, 5) is 49.3. The molecule has 1 aromatic rings. The molecule has 1 aliphatic rings. The van der Waals surface area contributed by atoms with Crippen LogP contribution in [0.15, 0.2) is 24.3 Å². The third-order valence-corrected chi connectivity index (χ3v) is 3.55. The number of anilines is 1. The molecule has 0 unspecified atom stereocenters. The van der Waals surface area contributed by atoms with E-state index in [-0.39, 0.29) is 6.67 Å². The molecular formula is C15H15F3N4O4. The number of para-hydroxylation sites is 1. The van der Waals surface area contributed by atoms with Gasteiger partial charge in [-0.2, -0.15) is 13.2 Å². The van der Waals surface area contributed by atoms with Gasteiger partial charge in [-0.3, -0.25) is 24.2 Å². The van der Waals surface area contributed by atoms with Crippen molar-refractivity contribution < 1.29 is 32.3 Å². The zero-order valence-electron chi connectivity index (χ0n) is 13.8. The molecule has 0 bridgehead atoms. The molecule has 1 aromatic carbocycles. The van der Waals surface area contributed by atoms with Crippen LogP contribution < -0.4 is 5.32 Å². The maximum atomic E-state index is 12.9. The van der Waals surface area contributed by atoms with E-state index >= 15 is 0 Å². The highest BCUT2D eigenvalue weighted by Gasteiger charge is 2.42. The van der Waals surface area contributed by atoms with Gasteiger partial charge in [0, 0.05) is 7.05 Å². The van der Waals surface area contributed by atoms with Crippen molar-refractivity contribution in [2.45, 2.75) is 6.18 Å². The fourth-order valence-corrected chi connectivity index (χ4v) is 2.30. The van der Waals surface area contributed by atoms with Crippen molar-refractivity contribution in [3.05, 3.63) is 29.8 Å². The van der Waals surface area contributed by atoms with Gasteiger partial charge in [0.2, 0.25) is 5.91 Å². The van der Waals surface area contributed by atoms with Crippen LogP contribution in [-0.4, -0.2) is 65.8 Å². The molecular weight excluding hydrogens is 357 g/mol. The monoisotopic (exact) mass is 372 g/mol. The maximum absolute atomic E-state index is 12.9. The number of carbonyl (C=O) groups is 4. The average molecular weight is 372 g/mol. The van der Waals surface area contributed by atoms with Crippen molar-refractivity contribution in [3.63, 3.8) is 0 Å². The first-order valence-electron chi connectivity index (χ1n) is 7.30. The van der Waals surface area contributed by atoms with E-state index in [0.717, 1.165) is 19.2 Å². The molecule has 1 heterocycles. The molecule has 8 nitrogen and oxygen atoms in total. The van der Waals surface area contributed by atoms with Crippen molar-refractivity contribution >= 4 is 29.4 Å². The van der Waals surface area contributed by atoms with Crippen molar-refractivity contribution in [2.24, 2.45) is 0 Å². The Morgan fingerprint density at radius 2 is 1.77 bits per heavy atom. The molecule has 11 heteroatoms. The van der Waals surface area contributed by atoms with Crippen molar-refractivity contribution in [1.82, 2.24) is 14.7 Å². The van der Waals surface area contributed by atoms with Crippen LogP contribution in [0.3, 0.4) is 0 Å². The predicted molar refractivity (Wildman–Crippen MR) is 82.6 cm³/mol. The Kier molecular flexibility index (Phi) is 5.30. The lowest BCUT2D eigenvalue weighted by Gasteiger charge is -2.22. The fraction of sp³-hybridized carbons (Fsp3) is 0.333. The Morgan fingerprint density at radius 1 is 1.15 bits per heavy atom. The lowest BCUT2D eigenvalue weighted by molar-refractivity contribution is -0.143. The average Bonchev–Trinajstić information content (AvgIpc) is 2.72. The Balaban J connectivity index is 2.00. The number of nitrogens with zero attached hydrogens (tertiary/aromatic N) is 3.